The smallest absolute Gasteiger partial charge is 0.233 e. The van der Waals surface area contributed by atoms with Crippen LogP contribution in [0.15, 0.2) is 42.5 Å². The average Bonchev–Trinajstić information content (AvgIpc) is 2.51. The zero-order valence-corrected chi connectivity index (χ0v) is 14.7. The normalized spacial score (nSPS) is 10.0. The van der Waals surface area contributed by atoms with E-state index in [4.69, 9.17) is 23.2 Å². The first-order valence-corrected chi connectivity index (χ1v) is 8.01. The van der Waals surface area contributed by atoms with E-state index in [1.807, 2.05) is 0 Å². The third-order valence-electron chi connectivity index (χ3n) is 3.02. The standard InChI is InChI=1S/C17H15Cl2N3O3/c1-10(23)20-12-3-5-13(6-4-12)21-16(24)9-17(25)22-15-7-2-11(18)8-14(15)19/h2-8H,9H2,1H3,(H,20,23)(H,21,24)(H,22,25). The summed E-state index contributed by atoms with van der Waals surface area (Å²) >= 11 is 11.7. The Balaban J connectivity index is 1.88. The minimum atomic E-state index is -0.503. The molecule has 0 aliphatic carbocycles. The molecule has 25 heavy (non-hydrogen) atoms. The molecule has 0 bridgehead atoms. The summed E-state index contributed by atoms with van der Waals surface area (Å²) in [4.78, 5) is 34.8. The Morgan fingerprint density at radius 3 is 1.96 bits per heavy atom. The Morgan fingerprint density at radius 1 is 0.840 bits per heavy atom. The highest BCUT2D eigenvalue weighted by Gasteiger charge is 2.12. The second-order valence-corrected chi connectivity index (χ2v) is 6.00. The summed E-state index contributed by atoms with van der Waals surface area (Å²) in [7, 11) is 0. The topological polar surface area (TPSA) is 87.3 Å². The summed E-state index contributed by atoms with van der Waals surface area (Å²) in [5, 5.41) is 8.49. The monoisotopic (exact) mass is 379 g/mol. The molecule has 0 saturated heterocycles. The van der Waals surface area contributed by atoms with Crippen LogP contribution in [-0.4, -0.2) is 17.7 Å². The van der Waals surface area contributed by atoms with Gasteiger partial charge < -0.3 is 16.0 Å². The highest BCUT2D eigenvalue weighted by atomic mass is 35.5. The van der Waals surface area contributed by atoms with Gasteiger partial charge in [-0.15, -0.1) is 0 Å². The third kappa shape index (κ3) is 6.10. The zero-order valence-electron chi connectivity index (χ0n) is 13.2. The highest BCUT2D eigenvalue weighted by Crippen LogP contribution is 2.25. The lowest BCUT2D eigenvalue weighted by Gasteiger charge is -2.09. The van der Waals surface area contributed by atoms with Crippen LogP contribution in [0.1, 0.15) is 13.3 Å². The van der Waals surface area contributed by atoms with Crippen molar-refractivity contribution in [2.24, 2.45) is 0 Å². The minimum Gasteiger partial charge on any atom is -0.326 e. The second kappa shape index (κ2) is 8.50. The SMILES string of the molecule is CC(=O)Nc1ccc(NC(=O)CC(=O)Nc2ccc(Cl)cc2Cl)cc1. The zero-order chi connectivity index (χ0) is 18.4. The van der Waals surface area contributed by atoms with Gasteiger partial charge in [0.05, 0.1) is 10.7 Å². The van der Waals surface area contributed by atoms with E-state index in [0.29, 0.717) is 22.1 Å². The number of carbonyl (C=O) groups is 3. The van der Waals surface area contributed by atoms with Crippen molar-refractivity contribution in [2.45, 2.75) is 13.3 Å². The molecule has 0 unspecified atom stereocenters. The molecule has 0 aliphatic heterocycles. The average molecular weight is 380 g/mol. The van der Waals surface area contributed by atoms with Crippen molar-refractivity contribution in [3.8, 4) is 0 Å². The first-order valence-electron chi connectivity index (χ1n) is 7.26. The molecular formula is C17H15Cl2N3O3. The maximum absolute atomic E-state index is 11.9. The van der Waals surface area contributed by atoms with Crippen LogP contribution in [0.4, 0.5) is 17.1 Å². The molecule has 2 rings (SSSR count). The van der Waals surface area contributed by atoms with E-state index < -0.39 is 11.8 Å². The number of halogens is 2. The maximum atomic E-state index is 11.9. The largest absolute Gasteiger partial charge is 0.326 e. The fourth-order valence-corrected chi connectivity index (χ4v) is 2.43. The summed E-state index contributed by atoms with van der Waals surface area (Å²) in [6.07, 6.45) is -0.369. The summed E-state index contributed by atoms with van der Waals surface area (Å²) in [5.74, 6) is -1.17. The second-order valence-electron chi connectivity index (χ2n) is 5.16. The molecule has 2 aromatic carbocycles. The van der Waals surface area contributed by atoms with Gasteiger partial charge in [0.2, 0.25) is 17.7 Å². The van der Waals surface area contributed by atoms with Gasteiger partial charge in [0.25, 0.3) is 0 Å². The van der Waals surface area contributed by atoms with Crippen LogP contribution < -0.4 is 16.0 Å². The molecule has 3 amide bonds. The van der Waals surface area contributed by atoms with Crippen LogP contribution >= 0.6 is 23.2 Å². The van der Waals surface area contributed by atoms with E-state index in [9.17, 15) is 14.4 Å². The Morgan fingerprint density at radius 2 is 1.40 bits per heavy atom. The molecule has 0 atom stereocenters. The molecule has 0 radical (unpaired) electrons. The van der Waals surface area contributed by atoms with Gasteiger partial charge in [0.15, 0.2) is 0 Å². The van der Waals surface area contributed by atoms with Crippen LogP contribution in [0, 0.1) is 0 Å². The molecule has 0 spiro atoms. The number of nitrogens with one attached hydrogen (secondary N) is 3. The molecule has 0 fully saturated rings. The van der Waals surface area contributed by atoms with Crippen molar-refractivity contribution in [1.82, 2.24) is 0 Å². The van der Waals surface area contributed by atoms with Gasteiger partial charge in [-0.2, -0.15) is 0 Å². The van der Waals surface area contributed by atoms with Gasteiger partial charge in [-0.3, -0.25) is 14.4 Å². The predicted molar refractivity (Wildman–Crippen MR) is 99.1 cm³/mol. The number of amides is 3. The maximum Gasteiger partial charge on any atom is 0.233 e. The summed E-state index contributed by atoms with van der Waals surface area (Å²) in [5.41, 5.74) is 1.50. The number of anilines is 3. The van der Waals surface area contributed by atoms with Crippen LogP contribution in [0.5, 0.6) is 0 Å². The molecular weight excluding hydrogens is 365 g/mol. The Hall–Kier alpha value is -2.57. The van der Waals surface area contributed by atoms with E-state index >= 15 is 0 Å². The van der Waals surface area contributed by atoms with Crippen molar-refractivity contribution >= 4 is 58.0 Å². The van der Waals surface area contributed by atoms with Crippen LogP contribution in [0.2, 0.25) is 10.0 Å². The van der Waals surface area contributed by atoms with E-state index in [2.05, 4.69) is 16.0 Å². The summed E-state index contributed by atoms with van der Waals surface area (Å²) in [6.45, 7) is 1.40. The van der Waals surface area contributed by atoms with Gasteiger partial charge in [-0.1, -0.05) is 23.2 Å². The fraction of sp³-hybridized carbons (Fsp3) is 0.118. The number of rotatable bonds is 5. The molecule has 8 heteroatoms. The Bertz CT molecular complexity index is 807. The fourth-order valence-electron chi connectivity index (χ4n) is 1.98. The number of hydrogen-bond donors (Lipinski definition) is 3. The molecule has 0 heterocycles. The molecule has 130 valence electrons. The van der Waals surface area contributed by atoms with E-state index in [1.165, 1.54) is 13.0 Å². The lowest BCUT2D eigenvalue weighted by molar-refractivity contribution is -0.123. The van der Waals surface area contributed by atoms with Crippen LogP contribution in [0.3, 0.4) is 0 Å². The van der Waals surface area contributed by atoms with Crippen LogP contribution in [0.25, 0.3) is 0 Å². The lowest BCUT2D eigenvalue weighted by atomic mass is 10.2. The van der Waals surface area contributed by atoms with Gasteiger partial charge in [-0.25, -0.2) is 0 Å². The molecule has 0 aliphatic rings. The van der Waals surface area contributed by atoms with Gasteiger partial charge >= 0.3 is 0 Å². The lowest BCUT2D eigenvalue weighted by Crippen LogP contribution is -2.21. The third-order valence-corrected chi connectivity index (χ3v) is 3.56. The molecule has 0 aromatic heterocycles. The van der Waals surface area contributed by atoms with Gasteiger partial charge in [0.1, 0.15) is 6.42 Å². The van der Waals surface area contributed by atoms with Gasteiger partial charge in [0, 0.05) is 23.3 Å². The summed E-state index contributed by atoms with van der Waals surface area (Å²) in [6, 6.07) is 11.2. The number of hydrogen-bond acceptors (Lipinski definition) is 3. The highest BCUT2D eigenvalue weighted by molar-refractivity contribution is 6.36. The van der Waals surface area contributed by atoms with Crippen molar-refractivity contribution in [3.63, 3.8) is 0 Å². The van der Waals surface area contributed by atoms with Crippen molar-refractivity contribution in [2.75, 3.05) is 16.0 Å². The summed E-state index contributed by atoms with van der Waals surface area (Å²) < 4.78 is 0. The Kier molecular flexibility index (Phi) is 6.38. The molecule has 6 nitrogen and oxygen atoms in total. The van der Waals surface area contributed by atoms with E-state index in [0.717, 1.165) is 0 Å². The predicted octanol–water partition coefficient (Wildman–Crippen LogP) is 3.92. The van der Waals surface area contributed by atoms with Crippen molar-refractivity contribution in [1.29, 1.82) is 0 Å². The minimum absolute atomic E-state index is 0.186. The Labute approximate surface area is 154 Å². The van der Waals surface area contributed by atoms with Crippen LogP contribution in [-0.2, 0) is 14.4 Å². The first-order chi connectivity index (χ1) is 11.8. The number of benzene rings is 2. The molecule has 0 saturated carbocycles. The van der Waals surface area contributed by atoms with Gasteiger partial charge in [-0.05, 0) is 42.5 Å². The van der Waals surface area contributed by atoms with Crippen molar-refractivity contribution < 1.29 is 14.4 Å². The van der Waals surface area contributed by atoms with E-state index in [-0.39, 0.29) is 17.4 Å². The van der Waals surface area contributed by atoms with E-state index in [1.54, 1.807) is 36.4 Å². The number of carbonyl (C=O) groups excluding carboxylic acids is 3. The first kappa shape index (κ1) is 18.8. The molecule has 2 aromatic rings. The molecule has 3 N–H and O–H groups in total. The quantitative estimate of drug-likeness (QED) is 0.687. The van der Waals surface area contributed by atoms with Crippen molar-refractivity contribution in [3.05, 3.63) is 52.5 Å².